The third-order valence-corrected chi connectivity index (χ3v) is 11.6. The second kappa shape index (κ2) is 46.3. The van der Waals surface area contributed by atoms with Crippen LogP contribution in [-0.2, 0) is 14.3 Å². The number of carbonyl (C=O) groups is 2. The molecule has 56 heavy (non-hydrogen) atoms. The average Bonchev–Trinajstić information content (AvgIpc) is 3.20. The molecule has 0 aromatic carbocycles. The zero-order valence-corrected chi connectivity index (χ0v) is 37.6. The topological polar surface area (TPSA) is 95.9 Å². The van der Waals surface area contributed by atoms with E-state index in [0.29, 0.717) is 19.4 Å². The number of ether oxygens (including phenoxy) is 1. The Balaban J connectivity index is 3.48. The van der Waals surface area contributed by atoms with Crippen LogP contribution in [0.4, 0.5) is 0 Å². The zero-order chi connectivity index (χ0) is 40.8. The van der Waals surface area contributed by atoms with Gasteiger partial charge in [-0.25, -0.2) is 0 Å². The van der Waals surface area contributed by atoms with Crippen molar-refractivity contribution in [2.45, 2.75) is 283 Å². The highest BCUT2D eigenvalue weighted by Gasteiger charge is 2.18. The Morgan fingerprint density at radius 3 is 1.21 bits per heavy atom. The molecule has 0 spiro atoms. The van der Waals surface area contributed by atoms with Crippen molar-refractivity contribution in [2.75, 3.05) is 13.2 Å². The highest BCUT2D eigenvalue weighted by Crippen LogP contribution is 2.16. The lowest BCUT2D eigenvalue weighted by Crippen LogP contribution is -2.45. The molecule has 6 heteroatoms. The lowest BCUT2D eigenvalue weighted by atomic mass is 10.0. The van der Waals surface area contributed by atoms with Crippen LogP contribution in [0.5, 0.6) is 0 Å². The molecular weight excluding hydrogens is 695 g/mol. The van der Waals surface area contributed by atoms with Crippen LogP contribution < -0.4 is 5.32 Å². The predicted molar refractivity (Wildman–Crippen MR) is 241 cm³/mol. The van der Waals surface area contributed by atoms with Crippen molar-refractivity contribution in [1.82, 2.24) is 5.32 Å². The van der Waals surface area contributed by atoms with Crippen LogP contribution in [0.15, 0.2) is 12.2 Å². The Bertz CT molecular complexity index is 832. The molecule has 0 aromatic heterocycles. The number of aliphatic hydroxyl groups is 2. The largest absolute Gasteiger partial charge is 0.466 e. The number of amides is 1. The van der Waals surface area contributed by atoms with Gasteiger partial charge in [-0.05, 0) is 32.1 Å². The highest BCUT2D eigenvalue weighted by atomic mass is 16.5. The molecule has 1 amide bonds. The number of rotatable bonds is 46. The molecule has 0 aliphatic carbocycles. The fourth-order valence-corrected chi connectivity index (χ4v) is 7.69. The Labute approximate surface area is 349 Å². The minimum atomic E-state index is -0.851. The van der Waals surface area contributed by atoms with Crippen LogP contribution in [0.1, 0.15) is 271 Å². The van der Waals surface area contributed by atoms with Gasteiger partial charge in [-0.15, -0.1) is 0 Å². The first kappa shape index (κ1) is 54.6. The average molecular weight is 792 g/mol. The van der Waals surface area contributed by atoms with Crippen molar-refractivity contribution >= 4 is 11.9 Å². The minimum Gasteiger partial charge on any atom is -0.466 e. The second-order valence-electron chi connectivity index (χ2n) is 17.2. The number of carbonyl (C=O) groups excluding carboxylic acids is 2. The summed E-state index contributed by atoms with van der Waals surface area (Å²) in [6.07, 6.45) is 52.0. The Morgan fingerprint density at radius 2 is 0.821 bits per heavy atom. The molecule has 0 heterocycles. The van der Waals surface area contributed by atoms with Crippen LogP contribution in [0.2, 0.25) is 0 Å². The molecule has 0 aliphatic rings. The molecule has 0 radical (unpaired) electrons. The van der Waals surface area contributed by atoms with Gasteiger partial charge in [-0.1, -0.05) is 238 Å². The maximum Gasteiger partial charge on any atom is 0.305 e. The Hall–Kier alpha value is -1.40. The maximum absolute atomic E-state index is 12.4. The summed E-state index contributed by atoms with van der Waals surface area (Å²) in [5.74, 6) is -0.0863. The van der Waals surface area contributed by atoms with Crippen LogP contribution in [0.3, 0.4) is 0 Å². The normalized spacial score (nSPS) is 12.7. The molecule has 0 rings (SSSR count). The minimum absolute atomic E-state index is 0.00624. The van der Waals surface area contributed by atoms with Gasteiger partial charge in [-0.2, -0.15) is 0 Å². The molecule has 0 saturated heterocycles. The lowest BCUT2D eigenvalue weighted by Gasteiger charge is -2.20. The first-order valence-corrected chi connectivity index (χ1v) is 25.0. The van der Waals surface area contributed by atoms with Gasteiger partial charge in [-0.3, -0.25) is 9.59 Å². The van der Waals surface area contributed by atoms with Gasteiger partial charge >= 0.3 is 5.97 Å². The predicted octanol–water partition coefficient (Wildman–Crippen LogP) is 14.6. The summed E-state index contributed by atoms with van der Waals surface area (Å²) in [4.78, 5) is 24.4. The molecular formula is C50H97NO5. The third-order valence-electron chi connectivity index (χ3n) is 11.6. The lowest BCUT2D eigenvalue weighted by molar-refractivity contribution is -0.143. The first-order valence-electron chi connectivity index (χ1n) is 25.0. The van der Waals surface area contributed by atoms with Gasteiger partial charge in [0.15, 0.2) is 0 Å². The molecule has 0 aliphatic heterocycles. The Morgan fingerprint density at radius 1 is 0.482 bits per heavy atom. The van der Waals surface area contributed by atoms with Gasteiger partial charge in [0.25, 0.3) is 0 Å². The van der Waals surface area contributed by atoms with Crippen molar-refractivity contribution in [3.8, 4) is 0 Å². The summed E-state index contributed by atoms with van der Waals surface area (Å²) in [7, 11) is 0. The number of hydrogen-bond acceptors (Lipinski definition) is 5. The van der Waals surface area contributed by atoms with Gasteiger partial charge in [0.1, 0.15) is 0 Å². The van der Waals surface area contributed by atoms with Crippen molar-refractivity contribution in [3.05, 3.63) is 12.2 Å². The van der Waals surface area contributed by atoms with Gasteiger partial charge in [0.05, 0.1) is 25.4 Å². The van der Waals surface area contributed by atoms with E-state index in [-0.39, 0.29) is 18.5 Å². The second-order valence-corrected chi connectivity index (χ2v) is 17.2. The number of nitrogens with one attached hydrogen (secondary N) is 1. The van der Waals surface area contributed by atoms with Crippen LogP contribution in [0, 0.1) is 0 Å². The first-order chi connectivity index (χ1) is 27.5. The number of allylic oxidation sites excluding steroid dienone is 1. The molecule has 3 N–H and O–H groups in total. The van der Waals surface area contributed by atoms with Crippen LogP contribution in [0.25, 0.3) is 0 Å². The number of esters is 1. The SMILES string of the molecule is CCCCCCCCCCCCCC/C=C/C(O)C(CO)NC(=O)CCCCCCCCCCCCCCCOC(=O)CCCCCCCCCCCCCC. The molecule has 2 atom stereocenters. The van der Waals surface area contributed by atoms with E-state index in [0.717, 1.165) is 57.8 Å². The van der Waals surface area contributed by atoms with Gasteiger partial charge < -0.3 is 20.3 Å². The van der Waals surface area contributed by atoms with E-state index in [9.17, 15) is 19.8 Å². The number of unbranched alkanes of at least 4 members (excludes halogenated alkanes) is 35. The van der Waals surface area contributed by atoms with Crippen LogP contribution in [-0.4, -0.2) is 47.4 Å². The molecule has 0 saturated carbocycles. The van der Waals surface area contributed by atoms with Crippen LogP contribution >= 0.6 is 0 Å². The van der Waals surface area contributed by atoms with Crippen molar-refractivity contribution < 1.29 is 24.5 Å². The molecule has 332 valence electrons. The Kier molecular flexibility index (Phi) is 45.1. The van der Waals surface area contributed by atoms with Crippen molar-refractivity contribution in [1.29, 1.82) is 0 Å². The van der Waals surface area contributed by atoms with E-state index >= 15 is 0 Å². The molecule has 0 bridgehead atoms. The maximum atomic E-state index is 12.4. The van der Waals surface area contributed by atoms with Crippen molar-refractivity contribution in [2.24, 2.45) is 0 Å². The monoisotopic (exact) mass is 792 g/mol. The van der Waals surface area contributed by atoms with E-state index < -0.39 is 12.1 Å². The van der Waals surface area contributed by atoms with E-state index in [4.69, 9.17) is 4.74 Å². The molecule has 6 nitrogen and oxygen atoms in total. The summed E-state index contributed by atoms with van der Waals surface area (Å²) >= 11 is 0. The molecule has 2 unspecified atom stereocenters. The van der Waals surface area contributed by atoms with Gasteiger partial charge in [0.2, 0.25) is 5.91 Å². The van der Waals surface area contributed by atoms with Crippen molar-refractivity contribution in [3.63, 3.8) is 0 Å². The zero-order valence-electron chi connectivity index (χ0n) is 37.6. The van der Waals surface area contributed by atoms with Gasteiger partial charge in [0, 0.05) is 12.8 Å². The van der Waals surface area contributed by atoms with E-state index in [1.54, 1.807) is 6.08 Å². The molecule has 0 fully saturated rings. The summed E-state index contributed by atoms with van der Waals surface area (Å²) in [5.41, 5.74) is 0. The third kappa shape index (κ3) is 42.2. The summed E-state index contributed by atoms with van der Waals surface area (Å²) in [6.45, 7) is 4.87. The fourth-order valence-electron chi connectivity index (χ4n) is 7.69. The number of aliphatic hydroxyl groups excluding tert-OH is 2. The highest BCUT2D eigenvalue weighted by molar-refractivity contribution is 5.76. The standard InChI is InChI=1S/C50H97NO5/c1-3-5-7-9-11-13-15-17-19-22-26-30-34-38-42-48(53)47(46-52)51-49(54)43-39-35-31-27-23-20-18-21-25-29-33-37-41-45-56-50(55)44-40-36-32-28-24-16-14-12-10-8-6-4-2/h38,42,47-48,52-53H,3-37,39-41,43-46H2,1-2H3,(H,51,54)/b42-38+. The van der Waals surface area contributed by atoms with E-state index in [1.165, 1.54) is 186 Å². The van der Waals surface area contributed by atoms with E-state index in [1.807, 2.05) is 6.08 Å². The quantitative estimate of drug-likeness (QED) is 0.0324. The number of hydrogen-bond donors (Lipinski definition) is 3. The summed E-state index contributed by atoms with van der Waals surface area (Å²) in [6, 6.07) is -0.635. The summed E-state index contributed by atoms with van der Waals surface area (Å²) in [5, 5.41) is 23.0. The smallest absolute Gasteiger partial charge is 0.305 e. The molecule has 0 aromatic rings. The summed E-state index contributed by atoms with van der Waals surface area (Å²) < 4.78 is 5.45. The van der Waals surface area contributed by atoms with E-state index in [2.05, 4.69) is 19.2 Å². The fraction of sp³-hybridized carbons (Fsp3) is 0.920.